The first-order chi connectivity index (χ1) is 10.2. The highest BCUT2D eigenvalue weighted by atomic mass is 35.5. The number of aryl methyl sites for hydroxylation is 1. The lowest BCUT2D eigenvalue weighted by molar-refractivity contribution is 0.301. The fourth-order valence-corrected chi connectivity index (χ4v) is 2.35. The summed E-state index contributed by atoms with van der Waals surface area (Å²) in [5, 5.41) is 4.12. The highest BCUT2D eigenvalue weighted by Crippen LogP contribution is 2.23. The van der Waals surface area contributed by atoms with Gasteiger partial charge in [-0.3, -0.25) is 0 Å². The van der Waals surface area contributed by atoms with Crippen LogP contribution in [-0.4, -0.2) is 6.54 Å². The summed E-state index contributed by atoms with van der Waals surface area (Å²) in [5.41, 5.74) is 2.18. The molecule has 0 radical (unpaired) electrons. The van der Waals surface area contributed by atoms with E-state index in [-0.39, 0.29) is 0 Å². The molecule has 21 heavy (non-hydrogen) atoms. The van der Waals surface area contributed by atoms with E-state index >= 15 is 0 Å². The van der Waals surface area contributed by atoms with E-state index in [0.717, 1.165) is 53.6 Å². The molecule has 0 aliphatic heterocycles. The second-order valence-electron chi connectivity index (χ2n) is 4.94. The zero-order chi connectivity index (χ0) is 15.1. The van der Waals surface area contributed by atoms with Crippen molar-refractivity contribution in [2.45, 2.75) is 39.8 Å². The Labute approximate surface area is 131 Å². The first-order valence-corrected chi connectivity index (χ1v) is 7.79. The molecule has 1 aromatic heterocycles. The van der Waals surface area contributed by atoms with Crippen LogP contribution in [0.15, 0.2) is 34.9 Å². The molecule has 0 aliphatic carbocycles. The maximum Gasteiger partial charge on any atom is 0.124 e. The summed E-state index contributed by atoms with van der Waals surface area (Å²) < 4.78 is 11.3. The van der Waals surface area contributed by atoms with Gasteiger partial charge in [-0.2, -0.15) is 0 Å². The van der Waals surface area contributed by atoms with Crippen molar-refractivity contribution in [3.8, 4) is 5.75 Å². The summed E-state index contributed by atoms with van der Waals surface area (Å²) >= 11 is 6.11. The lowest BCUT2D eigenvalue weighted by atomic mass is 10.1. The molecule has 1 N–H and O–H groups in total. The number of furan rings is 1. The third-order valence-corrected chi connectivity index (χ3v) is 3.71. The summed E-state index contributed by atoms with van der Waals surface area (Å²) in [7, 11) is 0. The van der Waals surface area contributed by atoms with Gasteiger partial charge in [-0.05, 0) is 49.2 Å². The largest absolute Gasteiger partial charge is 0.489 e. The van der Waals surface area contributed by atoms with Crippen LogP contribution < -0.4 is 10.1 Å². The molecule has 2 rings (SSSR count). The fourth-order valence-electron chi connectivity index (χ4n) is 2.10. The minimum atomic E-state index is 0.504. The Morgan fingerprint density at radius 1 is 1.19 bits per heavy atom. The van der Waals surface area contributed by atoms with Crippen LogP contribution in [0.4, 0.5) is 0 Å². The molecule has 114 valence electrons. The minimum absolute atomic E-state index is 0.504. The number of benzene rings is 1. The maximum absolute atomic E-state index is 6.11. The summed E-state index contributed by atoms with van der Waals surface area (Å²) in [5.74, 6) is 1.78. The predicted octanol–water partition coefficient (Wildman–Crippen LogP) is 4.57. The van der Waals surface area contributed by atoms with Gasteiger partial charge in [-0.1, -0.05) is 25.4 Å². The number of nitrogens with one attached hydrogen (secondary N) is 1. The van der Waals surface area contributed by atoms with Gasteiger partial charge < -0.3 is 14.5 Å². The Morgan fingerprint density at radius 2 is 2.05 bits per heavy atom. The van der Waals surface area contributed by atoms with Crippen LogP contribution in [0, 0.1) is 0 Å². The molecule has 4 heteroatoms. The van der Waals surface area contributed by atoms with Crippen LogP contribution in [0.5, 0.6) is 5.75 Å². The van der Waals surface area contributed by atoms with E-state index < -0.39 is 0 Å². The molecule has 1 aromatic carbocycles. The highest BCUT2D eigenvalue weighted by Gasteiger charge is 2.07. The van der Waals surface area contributed by atoms with E-state index in [4.69, 9.17) is 20.8 Å². The predicted molar refractivity (Wildman–Crippen MR) is 85.9 cm³/mol. The van der Waals surface area contributed by atoms with Crippen molar-refractivity contribution in [2.75, 3.05) is 6.54 Å². The number of rotatable bonds is 8. The van der Waals surface area contributed by atoms with Crippen molar-refractivity contribution in [1.29, 1.82) is 0 Å². The van der Waals surface area contributed by atoms with Gasteiger partial charge in [0.1, 0.15) is 18.1 Å². The van der Waals surface area contributed by atoms with Crippen LogP contribution in [0.1, 0.15) is 37.2 Å². The SMILES string of the molecule is CCCNCc1occc1COc1ccc(Cl)c(CC)c1. The second kappa shape index (κ2) is 8.11. The highest BCUT2D eigenvalue weighted by molar-refractivity contribution is 6.31. The van der Waals surface area contributed by atoms with Crippen LogP contribution in [-0.2, 0) is 19.6 Å². The smallest absolute Gasteiger partial charge is 0.124 e. The Kier molecular flexibility index (Phi) is 6.15. The molecular formula is C17H22ClNO2. The van der Waals surface area contributed by atoms with E-state index in [1.54, 1.807) is 6.26 Å². The maximum atomic E-state index is 6.11. The number of hydrogen-bond donors (Lipinski definition) is 1. The van der Waals surface area contributed by atoms with Crippen LogP contribution in [0.2, 0.25) is 5.02 Å². The third kappa shape index (κ3) is 4.51. The van der Waals surface area contributed by atoms with Crippen molar-refractivity contribution in [2.24, 2.45) is 0 Å². The normalized spacial score (nSPS) is 10.8. The van der Waals surface area contributed by atoms with Gasteiger partial charge in [-0.25, -0.2) is 0 Å². The van der Waals surface area contributed by atoms with Gasteiger partial charge in [0, 0.05) is 10.6 Å². The molecule has 0 saturated heterocycles. The van der Waals surface area contributed by atoms with Gasteiger partial charge in [0.25, 0.3) is 0 Å². The number of hydrogen-bond acceptors (Lipinski definition) is 3. The second-order valence-corrected chi connectivity index (χ2v) is 5.35. The molecule has 0 bridgehead atoms. The summed E-state index contributed by atoms with van der Waals surface area (Å²) in [6.45, 7) is 6.45. The fraction of sp³-hybridized carbons (Fsp3) is 0.412. The molecule has 3 nitrogen and oxygen atoms in total. The molecular weight excluding hydrogens is 286 g/mol. The van der Waals surface area contributed by atoms with E-state index in [2.05, 4.69) is 19.2 Å². The van der Waals surface area contributed by atoms with Gasteiger partial charge in [-0.15, -0.1) is 0 Å². The lowest BCUT2D eigenvalue weighted by Gasteiger charge is -2.09. The molecule has 0 spiro atoms. The summed E-state index contributed by atoms with van der Waals surface area (Å²) in [6.07, 6.45) is 3.71. The topological polar surface area (TPSA) is 34.4 Å². The quantitative estimate of drug-likeness (QED) is 0.725. The van der Waals surface area contributed by atoms with Crippen molar-refractivity contribution in [1.82, 2.24) is 5.32 Å². The third-order valence-electron chi connectivity index (χ3n) is 3.34. The van der Waals surface area contributed by atoms with Gasteiger partial charge >= 0.3 is 0 Å². The standard InChI is InChI=1S/C17H22ClNO2/c1-3-8-19-11-17-14(7-9-20-17)12-21-15-5-6-16(18)13(4-2)10-15/h5-7,9-10,19H,3-4,8,11-12H2,1-2H3. The first kappa shape index (κ1) is 15.9. The molecule has 1 heterocycles. The average molecular weight is 308 g/mol. The van der Waals surface area contributed by atoms with Gasteiger partial charge in [0.15, 0.2) is 0 Å². The molecule has 0 saturated carbocycles. The Bertz CT molecular complexity index is 566. The molecule has 0 amide bonds. The average Bonchev–Trinajstić information content (AvgIpc) is 2.94. The Balaban J connectivity index is 1.95. The number of ether oxygens (including phenoxy) is 1. The zero-order valence-corrected chi connectivity index (χ0v) is 13.4. The van der Waals surface area contributed by atoms with Crippen LogP contribution in [0.25, 0.3) is 0 Å². The summed E-state index contributed by atoms with van der Waals surface area (Å²) in [4.78, 5) is 0. The van der Waals surface area contributed by atoms with E-state index in [9.17, 15) is 0 Å². The first-order valence-electron chi connectivity index (χ1n) is 7.41. The van der Waals surface area contributed by atoms with Crippen molar-refractivity contribution in [3.63, 3.8) is 0 Å². The van der Waals surface area contributed by atoms with E-state index in [0.29, 0.717) is 6.61 Å². The summed E-state index contributed by atoms with van der Waals surface area (Å²) in [6, 6.07) is 7.74. The molecule has 0 unspecified atom stereocenters. The Hall–Kier alpha value is -1.45. The molecule has 0 atom stereocenters. The molecule has 0 aliphatic rings. The van der Waals surface area contributed by atoms with Gasteiger partial charge in [0.2, 0.25) is 0 Å². The Morgan fingerprint density at radius 3 is 2.81 bits per heavy atom. The van der Waals surface area contributed by atoms with Gasteiger partial charge in [0.05, 0.1) is 12.8 Å². The van der Waals surface area contributed by atoms with E-state index in [1.165, 1.54) is 0 Å². The van der Waals surface area contributed by atoms with Crippen LogP contribution in [0.3, 0.4) is 0 Å². The van der Waals surface area contributed by atoms with Crippen molar-refractivity contribution < 1.29 is 9.15 Å². The molecule has 2 aromatic rings. The lowest BCUT2D eigenvalue weighted by Crippen LogP contribution is -2.14. The monoisotopic (exact) mass is 307 g/mol. The van der Waals surface area contributed by atoms with Crippen molar-refractivity contribution >= 4 is 11.6 Å². The van der Waals surface area contributed by atoms with Crippen LogP contribution >= 0.6 is 11.6 Å². The minimum Gasteiger partial charge on any atom is -0.489 e. The zero-order valence-electron chi connectivity index (χ0n) is 12.6. The molecule has 0 fully saturated rings. The number of halogens is 1. The van der Waals surface area contributed by atoms with E-state index in [1.807, 2.05) is 24.3 Å². The van der Waals surface area contributed by atoms with Crippen molar-refractivity contribution in [3.05, 3.63) is 52.4 Å².